The van der Waals surface area contributed by atoms with Crippen LogP contribution < -0.4 is 5.32 Å². The Morgan fingerprint density at radius 2 is 1.54 bits per heavy atom. The molecular weight excluding hydrogens is 483 g/mol. The lowest BCUT2D eigenvalue weighted by Crippen LogP contribution is -2.29. The smallest absolute Gasteiger partial charge is 0.416 e. The lowest BCUT2D eigenvalue weighted by Gasteiger charge is -2.22. The molecule has 0 aliphatic carbocycles. The molecular formula is C29H44F3NO4. The van der Waals surface area contributed by atoms with Crippen LogP contribution in [0.1, 0.15) is 94.4 Å². The highest BCUT2D eigenvalue weighted by molar-refractivity contribution is 6.05. The second-order valence-electron chi connectivity index (χ2n) is 10.5. The molecule has 0 bridgehead atoms. The van der Waals surface area contributed by atoms with E-state index in [0.717, 1.165) is 6.08 Å². The molecule has 0 radical (unpaired) electrons. The second-order valence-corrected chi connectivity index (χ2v) is 10.5. The molecule has 8 heteroatoms. The Balaban J connectivity index is 5.56. The molecule has 0 heterocycles. The summed E-state index contributed by atoms with van der Waals surface area (Å²) in [6.07, 6.45) is -0.743. The van der Waals surface area contributed by atoms with Crippen molar-refractivity contribution in [2.75, 3.05) is 0 Å². The largest absolute Gasteiger partial charge is 0.460 e. The van der Waals surface area contributed by atoms with E-state index < -0.39 is 23.3 Å². The Kier molecular flexibility index (Phi) is 13.9. The fourth-order valence-corrected chi connectivity index (χ4v) is 3.45. The van der Waals surface area contributed by atoms with Gasteiger partial charge in [0.2, 0.25) is 0 Å². The molecule has 0 aromatic rings. The lowest BCUT2D eigenvalue weighted by atomic mass is 9.94. The van der Waals surface area contributed by atoms with Crippen LogP contribution in [0.15, 0.2) is 46.7 Å². The number of carbonyl (C=O) groups is 3. The van der Waals surface area contributed by atoms with Gasteiger partial charge in [-0.05, 0) is 96.9 Å². The van der Waals surface area contributed by atoms with Gasteiger partial charge in [0, 0.05) is 30.2 Å². The van der Waals surface area contributed by atoms with Gasteiger partial charge in [0.15, 0.2) is 11.6 Å². The van der Waals surface area contributed by atoms with Crippen molar-refractivity contribution in [2.45, 2.75) is 112 Å². The summed E-state index contributed by atoms with van der Waals surface area (Å²) in [5.74, 6) is -0.960. The van der Waals surface area contributed by atoms with E-state index in [4.69, 9.17) is 4.74 Å². The van der Waals surface area contributed by atoms with Crippen molar-refractivity contribution in [3.8, 4) is 0 Å². The summed E-state index contributed by atoms with van der Waals surface area (Å²) in [5, 5.41) is 3.25. The van der Waals surface area contributed by atoms with E-state index in [2.05, 4.69) is 11.9 Å². The number of ether oxygens (including phenoxy) is 1. The van der Waals surface area contributed by atoms with Gasteiger partial charge in [0.25, 0.3) is 0 Å². The number of hydrogen-bond acceptors (Lipinski definition) is 5. The maximum absolute atomic E-state index is 13.3. The highest BCUT2D eigenvalue weighted by atomic mass is 19.4. The Morgan fingerprint density at radius 3 is 1.97 bits per heavy atom. The monoisotopic (exact) mass is 527 g/mol. The number of halogens is 3. The molecule has 37 heavy (non-hydrogen) atoms. The van der Waals surface area contributed by atoms with E-state index in [1.54, 1.807) is 27.7 Å². The van der Waals surface area contributed by atoms with Gasteiger partial charge in [-0.3, -0.25) is 14.4 Å². The first-order chi connectivity index (χ1) is 16.8. The summed E-state index contributed by atoms with van der Waals surface area (Å²) in [7, 11) is 0. The summed E-state index contributed by atoms with van der Waals surface area (Å²) >= 11 is 0. The number of nitrogens with one attached hydrogen (secondary N) is 1. The molecule has 5 nitrogen and oxygen atoms in total. The predicted molar refractivity (Wildman–Crippen MR) is 142 cm³/mol. The molecule has 0 aliphatic rings. The number of Topliss-reactive ketones (excluding diaryl/α,β-unsaturated/α-hetero) is 2. The normalized spacial score (nSPS) is 15.5. The van der Waals surface area contributed by atoms with Crippen molar-refractivity contribution in [3.63, 3.8) is 0 Å². The minimum Gasteiger partial charge on any atom is -0.460 e. The van der Waals surface area contributed by atoms with E-state index in [0.29, 0.717) is 29.7 Å². The van der Waals surface area contributed by atoms with Gasteiger partial charge in [0.1, 0.15) is 5.60 Å². The number of carbonyl (C=O) groups excluding carboxylic acids is 3. The standard InChI is InChI=1S/C29H44F3NO4/c1-11-19(4)25(15-14-24(18(2)3)29(30,31)32)33-20(5)12-16-26(35)23(21(6)22(7)34)13-17-27(36)37-28(8,9)10/h14-15,19-20,33H,2,11-13,16-17H2,1,3-10H3/b23-21-,24-14+,25-15+. The van der Waals surface area contributed by atoms with Gasteiger partial charge in [0.05, 0.1) is 5.57 Å². The fraction of sp³-hybridized carbons (Fsp3) is 0.621. The van der Waals surface area contributed by atoms with Crippen LogP contribution in [0.25, 0.3) is 0 Å². The highest BCUT2D eigenvalue weighted by Crippen LogP contribution is 2.30. The number of alkyl halides is 3. The number of ketones is 2. The third-order valence-electron chi connectivity index (χ3n) is 5.87. The first-order valence-corrected chi connectivity index (χ1v) is 12.7. The van der Waals surface area contributed by atoms with Crippen LogP contribution in [-0.2, 0) is 19.1 Å². The molecule has 2 unspecified atom stereocenters. The Morgan fingerprint density at radius 1 is 0.973 bits per heavy atom. The Labute approximate surface area is 220 Å². The summed E-state index contributed by atoms with van der Waals surface area (Å²) in [6.45, 7) is 18.6. The fourth-order valence-electron chi connectivity index (χ4n) is 3.45. The Hall–Kier alpha value is -2.64. The zero-order valence-corrected chi connectivity index (χ0v) is 23.8. The minimum atomic E-state index is -4.50. The summed E-state index contributed by atoms with van der Waals surface area (Å²) in [6, 6.07) is -0.221. The molecule has 0 fully saturated rings. The number of allylic oxidation sites excluding steroid dienone is 7. The molecule has 1 N–H and O–H groups in total. The molecule has 0 saturated heterocycles. The van der Waals surface area contributed by atoms with Gasteiger partial charge in [-0.15, -0.1) is 0 Å². The molecule has 2 atom stereocenters. The average Bonchev–Trinajstić information content (AvgIpc) is 2.73. The van der Waals surface area contributed by atoms with Crippen LogP contribution in [0.5, 0.6) is 0 Å². The SMILES string of the molecule is C=C(C)/C(=C\C=C(\NC(C)CCC(=O)/C(CCC(=O)OC(C)(C)C)=C(/C)C(C)=O)C(C)CC)C(F)(F)F. The topological polar surface area (TPSA) is 72.5 Å². The van der Waals surface area contributed by atoms with Gasteiger partial charge in [-0.2, -0.15) is 13.2 Å². The first-order valence-electron chi connectivity index (χ1n) is 12.7. The zero-order valence-electron chi connectivity index (χ0n) is 23.8. The van der Waals surface area contributed by atoms with Crippen molar-refractivity contribution in [2.24, 2.45) is 5.92 Å². The molecule has 0 spiro atoms. The molecule has 210 valence electrons. The summed E-state index contributed by atoms with van der Waals surface area (Å²) in [4.78, 5) is 37.1. The second kappa shape index (κ2) is 14.9. The van der Waals surface area contributed by atoms with Gasteiger partial charge in [-0.1, -0.05) is 20.4 Å². The van der Waals surface area contributed by atoms with Crippen LogP contribution in [0.4, 0.5) is 13.2 Å². The van der Waals surface area contributed by atoms with Crippen LogP contribution in [-0.4, -0.2) is 35.4 Å². The summed E-state index contributed by atoms with van der Waals surface area (Å²) < 4.78 is 45.2. The molecule has 0 saturated carbocycles. The zero-order chi connectivity index (χ0) is 29.1. The van der Waals surface area contributed by atoms with E-state index in [9.17, 15) is 27.6 Å². The van der Waals surface area contributed by atoms with Crippen molar-refractivity contribution in [1.82, 2.24) is 5.32 Å². The van der Waals surface area contributed by atoms with Crippen molar-refractivity contribution in [3.05, 3.63) is 46.7 Å². The van der Waals surface area contributed by atoms with Gasteiger partial charge < -0.3 is 10.1 Å². The third kappa shape index (κ3) is 13.5. The number of hydrogen-bond donors (Lipinski definition) is 1. The third-order valence-corrected chi connectivity index (χ3v) is 5.87. The highest BCUT2D eigenvalue weighted by Gasteiger charge is 2.33. The van der Waals surface area contributed by atoms with Crippen molar-refractivity contribution in [1.29, 1.82) is 0 Å². The maximum atomic E-state index is 13.3. The van der Waals surface area contributed by atoms with Gasteiger partial charge >= 0.3 is 12.1 Å². The van der Waals surface area contributed by atoms with E-state index in [1.807, 2.05) is 20.8 Å². The number of rotatable bonds is 14. The van der Waals surface area contributed by atoms with Crippen LogP contribution in [0.2, 0.25) is 0 Å². The van der Waals surface area contributed by atoms with Crippen LogP contribution in [0.3, 0.4) is 0 Å². The van der Waals surface area contributed by atoms with Gasteiger partial charge in [-0.25, -0.2) is 0 Å². The van der Waals surface area contributed by atoms with Crippen LogP contribution in [0, 0.1) is 5.92 Å². The molecule has 0 aromatic carbocycles. The predicted octanol–water partition coefficient (Wildman–Crippen LogP) is 7.34. The average molecular weight is 528 g/mol. The van der Waals surface area contributed by atoms with E-state index in [1.165, 1.54) is 19.9 Å². The Bertz CT molecular complexity index is 934. The first kappa shape index (κ1) is 34.4. The molecule has 0 aliphatic heterocycles. The quantitative estimate of drug-likeness (QED) is 0.145. The van der Waals surface area contributed by atoms with Crippen molar-refractivity contribution >= 4 is 17.5 Å². The van der Waals surface area contributed by atoms with E-state index >= 15 is 0 Å². The summed E-state index contributed by atoms with van der Waals surface area (Å²) in [5.41, 5.74) is -0.259. The molecule has 0 amide bonds. The maximum Gasteiger partial charge on any atom is 0.416 e. The molecule has 0 rings (SSSR count). The van der Waals surface area contributed by atoms with Crippen molar-refractivity contribution < 1.29 is 32.3 Å². The molecule has 0 aromatic heterocycles. The van der Waals surface area contributed by atoms with E-state index in [-0.39, 0.29) is 48.4 Å². The minimum absolute atomic E-state index is 0.0196. The number of esters is 1. The van der Waals surface area contributed by atoms with Crippen LogP contribution >= 0.6 is 0 Å². The lowest BCUT2D eigenvalue weighted by molar-refractivity contribution is -0.154.